The molecule has 8 heteroatoms. The number of fused-ring (bicyclic) bond motifs is 1. The van der Waals surface area contributed by atoms with Gasteiger partial charge in [0, 0.05) is 23.2 Å². The van der Waals surface area contributed by atoms with E-state index in [9.17, 15) is 14.4 Å². The van der Waals surface area contributed by atoms with Crippen LogP contribution in [0.15, 0.2) is 33.5 Å². The number of quaternary nitrogens is 1. The van der Waals surface area contributed by atoms with Crippen LogP contribution in [0.5, 0.6) is 0 Å². The maximum absolute atomic E-state index is 13.0. The average Bonchev–Trinajstić information content (AvgIpc) is 2.61. The Bertz CT molecular complexity index is 1010. The molecular weight excluding hydrogens is 410 g/mol. The number of rotatable bonds is 8. The van der Waals surface area contributed by atoms with E-state index in [1.54, 1.807) is 39.0 Å². The van der Waals surface area contributed by atoms with Crippen LogP contribution >= 0.6 is 0 Å². The van der Waals surface area contributed by atoms with E-state index >= 15 is 0 Å². The Morgan fingerprint density at radius 3 is 2.44 bits per heavy atom. The second-order valence-electron chi connectivity index (χ2n) is 10.2. The van der Waals surface area contributed by atoms with Gasteiger partial charge >= 0.3 is 11.7 Å². The van der Waals surface area contributed by atoms with Gasteiger partial charge in [0.05, 0.1) is 27.7 Å². The summed E-state index contributed by atoms with van der Waals surface area (Å²) < 4.78 is 11.4. The lowest BCUT2D eigenvalue weighted by Crippen LogP contribution is -2.46. The lowest BCUT2D eigenvalue weighted by molar-refractivity contribution is -0.870. The minimum Gasteiger partial charge on any atom is -0.444 e. The number of amides is 2. The van der Waals surface area contributed by atoms with Crippen LogP contribution in [0.4, 0.5) is 10.5 Å². The molecule has 0 saturated carbocycles. The van der Waals surface area contributed by atoms with Crippen molar-refractivity contribution in [3.63, 3.8) is 0 Å². The zero-order valence-electron chi connectivity index (χ0n) is 20.2. The molecular formula is C24H36N3O5+. The van der Waals surface area contributed by atoms with Crippen LogP contribution in [0.2, 0.25) is 0 Å². The molecule has 0 bridgehead atoms. The number of nitrogens with zero attached hydrogens (tertiary/aromatic N) is 1. The molecule has 0 spiro atoms. The van der Waals surface area contributed by atoms with E-state index in [-0.39, 0.29) is 5.91 Å². The van der Waals surface area contributed by atoms with Gasteiger partial charge in [0.1, 0.15) is 17.2 Å². The Kier molecular flexibility index (Phi) is 8.07. The van der Waals surface area contributed by atoms with Gasteiger partial charge in [0.15, 0.2) is 0 Å². The normalized spacial score (nSPS) is 13.0. The van der Waals surface area contributed by atoms with Gasteiger partial charge in [-0.3, -0.25) is 4.79 Å². The van der Waals surface area contributed by atoms with E-state index in [4.69, 9.17) is 9.15 Å². The van der Waals surface area contributed by atoms with Crippen LogP contribution in [-0.4, -0.2) is 55.8 Å². The Morgan fingerprint density at radius 1 is 1.12 bits per heavy atom. The Labute approximate surface area is 189 Å². The quantitative estimate of drug-likeness (QED) is 0.365. The molecule has 32 heavy (non-hydrogen) atoms. The molecule has 1 unspecified atom stereocenters. The fourth-order valence-corrected chi connectivity index (χ4v) is 3.29. The summed E-state index contributed by atoms with van der Waals surface area (Å²) in [5, 5.41) is 6.32. The number of hydrogen-bond donors (Lipinski definition) is 2. The number of carbonyl (C=O) groups is 2. The lowest BCUT2D eigenvalue weighted by Gasteiger charge is -2.25. The van der Waals surface area contributed by atoms with Crippen molar-refractivity contribution in [2.24, 2.45) is 0 Å². The fraction of sp³-hybridized carbons (Fsp3) is 0.542. The third-order valence-electron chi connectivity index (χ3n) is 4.80. The van der Waals surface area contributed by atoms with Crippen molar-refractivity contribution in [2.75, 3.05) is 33.0 Å². The minimum atomic E-state index is -0.752. The average molecular weight is 447 g/mol. The monoisotopic (exact) mass is 446 g/mol. The number of benzene rings is 1. The van der Waals surface area contributed by atoms with Gasteiger partial charge in [0.2, 0.25) is 5.91 Å². The van der Waals surface area contributed by atoms with E-state index in [1.165, 1.54) is 6.07 Å². The summed E-state index contributed by atoms with van der Waals surface area (Å²) in [6.07, 6.45) is 1.54. The first-order chi connectivity index (χ1) is 14.7. The molecule has 0 aliphatic carbocycles. The van der Waals surface area contributed by atoms with E-state index in [1.807, 2.05) is 6.92 Å². The fourth-order valence-electron chi connectivity index (χ4n) is 3.29. The summed E-state index contributed by atoms with van der Waals surface area (Å²) in [4.78, 5) is 37.0. The number of alkyl carbamates (subject to hydrolysis) is 1. The number of hydrogen-bond acceptors (Lipinski definition) is 5. The first kappa shape index (κ1) is 25.4. The molecule has 0 aliphatic heterocycles. The number of carbonyl (C=O) groups excluding carboxylic acids is 2. The third-order valence-corrected chi connectivity index (χ3v) is 4.80. The van der Waals surface area contributed by atoms with E-state index in [2.05, 4.69) is 31.8 Å². The molecule has 1 aromatic carbocycles. The van der Waals surface area contributed by atoms with Gasteiger partial charge in [0.25, 0.3) is 0 Å². The molecule has 8 nitrogen and oxygen atoms in total. The first-order valence-corrected chi connectivity index (χ1v) is 10.9. The summed E-state index contributed by atoms with van der Waals surface area (Å²) in [5.74, 6) is -0.351. The number of unbranched alkanes of at least 4 members (excludes halogenated alkanes) is 1. The van der Waals surface area contributed by atoms with Crippen LogP contribution in [0.25, 0.3) is 11.0 Å². The van der Waals surface area contributed by atoms with Crippen LogP contribution in [0.3, 0.4) is 0 Å². The van der Waals surface area contributed by atoms with Crippen molar-refractivity contribution >= 4 is 28.7 Å². The standard InChI is InChI=1S/C24H35N3O5/c1-16-14-21(28)31-20-15-17(11-12-18(16)20)25-22(29)19(10-8-9-13-27(5,6)7)26-23(30)32-24(2,3)4/h11-12,14-15,19H,8-10,13H2,1-7H3,(H-,25,26,28,29,30)/p+1. The Hall–Kier alpha value is -2.87. The molecule has 0 saturated heterocycles. The molecule has 1 atom stereocenters. The zero-order chi connectivity index (χ0) is 24.1. The van der Waals surface area contributed by atoms with Crippen molar-refractivity contribution in [1.82, 2.24) is 5.32 Å². The molecule has 2 amide bonds. The summed E-state index contributed by atoms with van der Waals surface area (Å²) in [7, 11) is 6.34. The highest BCUT2D eigenvalue weighted by atomic mass is 16.6. The van der Waals surface area contributed by atoms with Gasteiger partial charge in [-0.2, -0.15) is 0 Å². The maximum atomic E-state index is 13.0. The molecule has 0 radical (unpaired) electrons. The summed E-state index contributed by atoms with van der Waals surface area (Å²) >= 11 is 0. The van der Waals surface area contributed by atoms with E-state index < -0.39 is 23.4 Å². The smallest absolute Gasteiger partial charge is 0.408 e. The van der Waals surface area contributed by atoms with Crippen LogP contribution in [0.1, 0.15) is 45.6 Å². The Balaban J connectivity index is 2.14. The number of ether oxygens (including phenoxy) is 1. The van der Waals surface area contributed by atoms with Crippen molar-refractivity contribution in [3.05, 3.63) is 40.2 Å². The van der Waals surface area contributed by atoms with Gasteiger partial charge < -0.3 is 24.3 Å². The molecule has 2 rings (SSSR count). The second-order valence-corrected chi connectivity index (χ2v) is 10.2. The predicted molar refractivity (Wildman–Crippen MR) is 126 cm³/mol. The van der Waals surface area contributed by atoms with Crippen LogP contribution in [-0.2, 0) is 9.53 Å². The molecule has 176 valence electrons. The Morgan fingerprint density at radius 2 is 1.81 bits per heavy atom. The highest BCUT2D eigenvalue weighted by Gasteiger charge is 2.24. The summed E-state index contributed by atoms with van der Waals surface area (Å²) in [5.41, 5.74) is 0.574. The number of aryl methyl sites for hydroxylation is 1. The SMILES string of the molecule is Cc1cc(=O)oc2cc(NC(=O)C(CCCC[N+](C)(C)C)NC(=O)OC(C)(C)C)ccc12. The molecule has 1 aromatic heterocycles. The van der Waals surface area contributed by atoms with E-state index in [0.29, 0.717) is 17.7 Å². The van der Waals surface area contributed by atoms with Crippen LogP contribution < -0.4 is 16.3 Å². The molecule has 0 fully saturated rings. The molecule has 2 aromatic rings. The lowest BCUT2D eigenvalue weighted by atomic mass is 10.1. The predicted octanol–water partition coefficient (Wildman–Crippen LogP) is 3.81. The zero-order valence-corrected chi connectivity index (χ0v) is 20.2. The minimum absolute atomic E-state index is 0.351. The van der Waals surface area contributed by atoms with Gasteiger partial charge in [-0.15, -0.1) is 0 Å². The number of nitrogens with one attached hydrogen (secondary N) is 2. The second kappa shape index (κ2) is 10.2. The number of anilines is 1. The summed E-state index contributed by atoms with van der Waals surface area (Å²) in [6, 6.07) is 5.83. The molecule has 0 aliphatic rings. The van der Waals surface area contributed by atoms with Crippen molar-refractivity contribution in [3.8, 4) is 0 Å². The highest BCUT2D eigenvalue weighted by Crippen LogP contribution is 2.21. The van der Waals surface area contributed by atoms with Gasteiger partial charge in [-0.1, -0.05) is 0 Å². The first-order valence-electron chi connectivity index (χ1n) is 10.9. The summed E-state index contributed by atoms with van der Waals surface area (Å²) in [6.45, 7) is 8.10. The van der Waals surface area contributed by atoms with Crippen LogP contribution in [0, 0.1) is 6.92 Å². The van der Waals surface area contributed by atoms with Gasteiger partial charge in [-0.05, 0) is 64.7 Å². The molecule has 1 heterocycles. The topological polar surface area (TPSA) is 97.6 Å². The van der Waals surface area contributed by atoms with Gasteiger partial charge in [-0.25, -0.2) is 9.59 Å². The van der Waals surface area contributed by atoms with Crippen molar-refractivity contribution < 1.29 is 23.2 Å². The third kappa shape index (κ3) is 8.34. The largest absolute Gasteiger partial charge is 0.444 e. The van der Waals surface area contributed by atoms with E-state index in [0.717, 1.165) is 34.8 Å². The van der Waals surface area contributed by atoms with Crippen molar-refractivity contribution in [1.29, 1.82) is 0 Å². The maximum Gasteiger partial charge on any atom is 0.408 e. The van der Waals surface area contributed by atoms with Crippen molar-refractivity contribution in [2.45, 2.75) is 58.6 Å². The highest BCUT2D eigenvalue weighted by molar-refractivity contribution is 5.98. The molecule has 2 N–H and O–H groups in total.